The minimum atomic E-state index is -0.245. The number of aromatic nitrogens is 2. The van der Waals surface area contributed by atoms with Crippen LogP contribution in [-0.4, -0.2) is 9.97 Å². The molecule has 0 aliphatic heterocycles. The first kappa shape index (κ1) is 9.86. The highest BCUT2D eigenvalue weighted by Crippen LogP contribution is 2.18. The maximum Gasteiger partial charge on any atom is 0.123 e. The summed E-state index contributed by atoms with van der Waals surface area (Å²) in [7, 11) is 0. The summed E-state index contributed by atoms with van der Waals surface area (Å²) in [6.07, 6.45) is 1.70. The molecule has 0 fully saturated rings. The first-order valence-electron chi connectivity index (χ1n) is 4.73. The van der Waals surface area contributed by atoms with E-state index < -0.39 is 0 Å². The van der Waals surface area contributed by atoms with Crippen LogP contribution in [0.3, 0.4) is 0 Å². The third-order valence-corrected chi connectivity index (χ3v) is 2.18. The smallest absolute Gasteiger partial charge is 0.123 e. The van der Waals surface area contributed by atoms with Gasteiger partial charge in [-0.3, -0.25) is 0 Å². The molecule has 0 amide bonds. The molecule has 3 N–H and O–H groups in total. The van der Waals surface area contributed by atoms with E-state index in [0.717, 1.165) is 17.1 Å². The van der Waals surface area contributed by atoms with E-state index in [-0.39, 0.29) is 11.9 Å². The van der Waals surface area contributed by atoms with Crippen molar-refractivity contribution in [2.24, 2.45) is 5.73 Å². The molecule has 0 aliphatic rings. The third-order valence-electron chi connectivity index (χ3n) is 2.18. The van der Waals surface area contributed by atoms with Gasteiger partial charge in [0.2, 0.25) is 0 Å². The van der Waals surface area contributed by atoms with Gasteiger partial charge in [0.25, 0.3) is 0 Å². The largest absolute Gasteiger partial charge is 0.341 e. The Balaban J connectivity index is 2.33. The zero-order valence-corrected chi connectivity index (χ0v) is 8.37. The molecular formula is C11H12FN3. The molecular weight excluding hydrogens is 193 g/mol. The SMILES string of the molecule is C[C@@H](N)c1ncc(-c2ccc(F)cc2)[nH]1. The number of H-pyrrole nitrogens is 1. The molecule has 0 bridgehead atoms. The molecule has 0 saturated heterocycles. The number of nitrogens with one attached hydrogen (secondary N) is 1. The zero-order chi connectivity index (χ0) is 10.8. The second kappa shape index (κ2) is 3.82. The minimum Gasteiger partial charge on any atom is -0.341 e. The van der Waals surface area contributed by atoms with E-state index in [1.54, 1.807) is 18.3 Å². The van der Waals surface area contributed by atoms with Crippen molar-refractivity contribution in [3.63, 3.8) is 0 Å². The number of halogens is 1. The minimum absolute atomic E-state index is 0.126. The van der Waals surface area contributed by atoms with E-state index >= 15 is 0 Å². The van der Waals surface area contributed by atoms with Gasteiger partial charge in [-0.15, -0.1) is 0 Å². The van der Waals surface area contributed by atoms with Crippen LogP contribution in [0.1, 0.15) is 18.8 Å². The van der Waals surface area contributed by atoms with Gasteiger partial charge in [0.15, 0.2) is 0 Å². The lowest BCUT2D eigenvalue weighted by atomic mass is 10.2. The summed E-state index contributed by atoms with van der Waals surface area (Å²) in [5, 5.41) is 0. The van der Waals surface area contributed by atoms with Crippen molar-refractivity contribution in [3.05, 3.63) is 42.1 Å². The Kier molecular flexibility index (Phi) is 2.51. The van der Waals surface area contributed by atoms with Crippen LogP contribution in [0.5, 0.6) is 0 Å². The molecule has 4 heteroatoms. The lowest BCUT2D eigenvalue weighted by molar-refractivity contribution is 0.628. The molecule has 15 heavy (non-hydrogen) atoms. The number of nitrogens with zero attached hydrogens (tertiary/aromatic N) is 1. The Morgan fingerprint density at radius 2 is 2.00 bits per heavy atom. The van der Waals surface area contributed by atoms with Crippen molar-refractivity contribution in [2.75, 3.05) is 0 Å². The van der Waals surface area contributed by atoms with E-state index in [2.05, 4.69) is 9.97 Å². The van der Waals surface area contributed by atoms with Crippen molar-refractivity contribution in [1.82, 2.24) is 9.97 Å². The predicted molar refractivity (Wildman–Crippen MR) is 56.6 cm³/mol. The number of hydrogen-bond acceptors (Lipinski definition) is 2. The van der Waals surface area contributed by atoms with Gasteiger partial charge in [-0.25, -0.2) is 9.37 Å². The molecule has 0 saturated carbocycles. The van der Waals surface area contributed by atoms with Gasteiger partial charge < -0.3 is 10.7 Å². The molecule has 1 aromatic heterocycles. The summed E-state index contributed by atoms with van der Waals surface area (Å²) in [6, 6.07) is 6.12. The molecule has 1 atom stereocenters. The molecule has 78 valence electrons. The Morgan fingerprint density at radius 1 is 1.33 bits per heavy atom. The van der Waals surface area contributed by atoms with Gasteiger partial charge in [0.05, 0.1) is 17.9 Å². The highest BCUT2D eigenvalue weighted by atomic mass is 19.1. The molecule has 0 aliphatic carbocycles. The zero-order valence-electron chi connectivity index (χ0n) is 8.37. The Bertz CT molecular complexity index is 445. The Labute approximate surface area is 87.2 Å². The van der Waals surface area contributed by atoms with Crippen LogP contribution in [0.15, 0.2) is 30.5 Å². The molecule has 2 aromatic rings. The lowest BCUT2D eigenvalue weighted by Crippen LogP contribution is -2.06. The molecule has 0 spiro atoms. The van der Waals surface area contributed by atoms with Gasteiger partial charge >= 0.3 is 0 Å². The number of benzene rings is 1. The van der Waals surface area contributed by atoms with Gasteiger partial charge in [-0.05, 0) is 36.8 Å². The summed E-state index contributed by atoms with van der Waals surface area (Å²) in [4.78, 5) is 7.23. The average molecular weight is 205 g/mol. The fourth-order valence-electron chi connectivity index (χ4n) is 1.34. The normalized spacial score (nSPS) is 12.7. The molecule has 3 nitrogen and oxygen atoms in total. The number of aromatic amines is 1. The fourth-order valence-corrected chi connectivity index (χ4v) is 1.34. The highest BCUT2D eigenvalue weighted by molar-refractivity contribution is 5.58. The number of rotatable bonds is 2. The second-order valence-electron chi connectivity index (χ2n) is 3.48. The topological polar surface area (TPSA) is 54.7 Å². The highest BCUT2D eigenvalue weighted by Gasteiger charge is 2.06. The average Bonchev–Trinajstić information content (AvgIpc) is 2.68. The third kappa shape index (κ3) is 2.05. The quantitative estimate of drug-likeness (QED) is 0.789. The van der Waals surface area contributed by atoms with Crippen molar-refractivity contribution in [3.8, 4) is 11.3 Å². The van der Waals surface area contributed by atoms with E-state index in [4.69, 9.17) is 5.73 Å². The van der Waals surface area contributed by atoms with Crippen molar-refractivity contribution < 1.29 is 4.39 Å². The van der Waals surface area contributed by atoms with Crippen molar-refractivity contribution in [1.29, 1.82) is 0 Å². The van der Waals surface area contributed by atoms with Gasteiger partial charge in [-0.1, -0.05) is 0 Å². The van der Waals surface area contributed by atoms with Crippen LogP contribution in [0.4, 0.5) is 4.39 Å². The standard InChI is InChI=1S/C11H12FN3/c1-7(13)11-14-6-10(15-11)8-2-4-9(12)5-3-8/h2-7H,13H2,1H3,(H,14,15)/t7-/m1/s1. The first-order valence-corrected chi connectivity index (χ1v) is 4.73. The first-order chi connectivity index (χ1) is 7.16. The van der Waals surface area contributed by atoms with Gasteiger partial charge in [0, 0.05) is 0 Å². The van der Waals surface area contributed by atoms with E-state index in [1.165, 1.54) is 12.1 Å². The molecule has 0 unspecified atom stereocenters. The van der Waals surface area contributed by atoms with Crippen LogP contribution < -0.4 is 5.73 Å². The van der Waals surface area contributed by atoms with Gasteiger partial charge in [-0.2, -0.15) is 0 Å². The summed E-state index contributed by atoms with van der Waals surface area (Å²) in [5.41, 5.74) is 7.42. The lowest BCUT2D eigenvalue weighted by Gasteiger charge is -1.99. The van der Waals surface area contributed by atoms with E-state index in [0.29, 0.717) is 0 Å². The number of imidazole rings is 1. The summed E-state index contributed by atoms with van der Waals surface area (Å²) in [5.74, 6) is 0.486. The summed E-state index contributed by atoms with van der Waals surface area (Å²) < 4.78 is 12.7. The van der Waals surface area contributed by atoms with Crippen LogP contribution in [0.25, 0.3) is 11.3 Å². The van der Waals surface area contributed by atoms with Crippen LogP contribution in [0.2, 0.25) is 0 Å². The maximum absolute atomic E-state index is 12.7. The summed E-state index contributed by atoms with van der Waals surface area (Å²) in [6.45, 7) is 1.85. The number of nitrogens with two attached hydrogens (primary N) is 1. The summed E-state index contributed by atoms with van der Waals surface area (Å²) >= 11 is 0. The molecule has 0 radical (unpaired) electrons. The van der Waals surface area contributed by atoms with Crippen LogP contribution in [0, 0.1) is 5.82 Å². The maximum atomic E-state index is 12.7. The van der Waals surface area contributed by atoms with E-state index in [1.807, 2.05) is 6.92 Å². The molecule has 2 rings (SSSR count). The monoisotopic (exact) mass is 205 g/mol. The predicted octanol–water partition coefficient (Wildman–Crippen LogP) is 2.24. The van der Waals surface area contributed by atoms with Crippen molar-refractivity contribution >= 4 is 0 Å². The Hall–Kier alpha value is -1.68. The fraction of sp³-hybridized carbons (Fsp3) is 0.182. The molecule has 1 heterocycles. The van der Waals surface area contributed by atoms with Crippen LogP contribution in [-0.2, 0) is 0 Å². The van der Waals surface area contributed by atoms with Crippen LogP contribution >= 0.6 is 0 Å². The second-order valence-corrected chi connectivity index (χ2v) is 3.48. The van der Waals surface area contributed by atoms with Crippen molar-refractivity contribution in [2.45, 2.75) is 13.0 Å². The van der Waals surface area contributed by atoms with Gasteiger partial charge in [0.1, 0.15) is 11.6 Å². The molecule has 1 aromatic carbocycles. The number of hydrogen-bond donors (Lipinski definition) is 2. The Morgan fingerprint density at radius 3 is 2.53 bits per heavy atom. The van der Waals surface area contributed by atoms with E-state index in [9.17, 15) is 4.39 Å².